The molecule has 7 heteroatoms. The molecule has 1 amide bonds. The summed E-state index contributed by atoms with van der Waals surface area (Å²) in [6, 6.07) is 17.2. The van der Waals surface area contributed by atoms with Gasteiger partial charge in [0.25, 0.3) is 5.91 Å². The second-order valence-electron chi connectivity index (χ2n) is 7.71. The number of nitrogens with zero attached hydrogens (tertiary/aromatic N) is 3. The zero-order chi connectivity index (χ0) is 22.5. The normalized spacial score (nSPS) is 15.9. The smallest absolute Gasteiger partial charge is 0.310 e. The van der Waals surface area contributed by atoms with Crippen molar-refractivity contribution in [3.05, 3.63) is 66.4 Å². The number of esters is 1. The van der Waals surface area contributed by atoms with Crippen molar-refractivity contribution in [2.45, 2.75) is 19.8 Å². The van der Waals surface area contributed by atoms with Gasteiger partial charge in [-0.15, -0.1) is 0 Å². The predicted molar refractivity (Wildman–Crippen MR) is 121 cm³/mol. The van der Waals surface area contributed by atoms with Crippen molar-refractivity contribution >= 4 is 11.9 Å². The fourth-order valence-electron chi connectivity index (χ4n) is 4.07. The molecule has 0 radical (unpaired) electrons. The molecule has 0 aliphatic carbocycles. The fourth-order valence-corrected chi connectivity index (χ4v) is 4.07. The maximum absolute atomic E-state index is 13.6. The molecular formula is C25H27N3O4. The van der Waals surface area contributed by atoms with Gasteiger partial charge in [0.2, 0.25) is 0 Å². The summed E-state index contributed by atoms with van der Waals surface area (Å²) in [5.74, 6) is -0.0496. The van der Waals surface area contributed by atoms with Gasteiger partial charge in [0.05, 0.1) is 30.9 Å². The van der Waals surface area contributed by atoms with Crippen LogP contribution in [0.5, 0.6) is 5.75 Å². The Hall–Kier alpha value is -3.61. The van der Waals surface area contributed by atoms with Crippen LogP contribution in [-0.4, -0.2) is 53.4 Å². The summed E-state index contributed by atoms with van der Waals surface area (Å²) in [4.78, 5) is 27.6. The number of hydrogen-bond acceptors (Lipinski definition) is 5. The Balaban J connectivity index is 1.73. The molecule has 1 saturated heterocycles. The summed E-state index contributed by atoms with van der Waals surface area (Å²) in [6.45, 7) is 3.07. The van der Waals surface area contributed by atoms with Crippen molar-refractivity contribution in [1.82, 2.24) is 14.7 Å². The van der Waals surface area contributed by atoms with E-state index in [1.165, 1.54) is 0 Å². The number of methoxy groups -OCH3 is 1. The largest absolute Gasteiger partial charge is 0.496 e. The molecule has 1 fully saturated rings. The number of hydrogen-bond donors (Lipinski definition) is 0. The third-order valence-corrected chi connectivity index (χ3v) is 5.66. The van der Waals surface area contributed by atoms with E-state index in [2.05, 4.69) is 0 Å². The third kappa shape index (κ3) is 4.37. The summed E-state index contributed by atoms with van der Waals surface area (Å²) in [5.41, 5.74) is 2.62. The molecular weight excluding hydrogens is 406 g/mol. The summed E-state index contributed by atoms with van der Waals surface area (Å²) in [7, 11) is 1.60. The lowest BCUT2D eigenvalue weighted by Crippen LogP contribution is -2.42. The van der Waals surface area contributed by atoms with Crippen molar-refractivity contribution in [2.24, 2.45) is 5.92 Å². The molecule has 1 aromatic heterocycles. The van der Waals surface area contributed by atoms with E-state index in [0.29, 0.717) is 36.7 Å². The molecule has 0 saturated carbocycles. The van der Waals surface area contributed by atoms with E-state index in [4.69, 9.17) is 14.6 Å². The minimum absolute atomic E-state index is 0.151. The number of ether oxygens (including phenoxy) is 2. The second kappa shape index (κ2) is 9.68. The number of aromatic nitrogens is 2. The molecule has 32 heavy (non-hydrogen) atoms. The first-order chi connectivity index (χ1) is 15.6. The Labute approximate surface area is 187 Å². The summed E-state index contributed by atoms with van der Waals surface area (Å²) >= 11 is 0. The summed E-state index contributed by atoms with van der Waals surface area (Å²) in [6.07, 6.45) is 3.24. The topological polar surface area (TPSA) is 73.7 Å². The van der Waals surface area contributed by atoms with Gasteiger partial charge in [-0.05, 0) is 44.0 Å². The highest BCUT2D eigenvalue weighted by molar-refractivity contribution is 6.00. The highest BCUT2D eigenvalue weighted by Crippen LogP contribution is 2.33. The van der Waals surface area contributed by atoms with Crippen molar-refractivity contribution in [2.75, 3.05) is 26.8 Å². The van der Waals surface area contributed by atoms with Gasteiger partial charge in [0.1, 0.15) is 11.4 Å². The molecule has 166 valence electrons. The zero-order valence-electron chi connectivity index (χ0n) is 18.4. The average molecular weight is 434 g/mol. The second-order valence-corrected chi connectivity index (χ2v) is 7.71. The zero-order valence-corrected chi connectivity index (χ0v) is 18.4. The van der Waals surface area contributed by atoms with Crippen LogP contribution in [0.25, 0.3) is 16.9 Å². The highest BCUT2D eigenvalue weighted by Gasteiger charge is 2.32. The molecule has 4 rings (SSSR count). The van der Waals surface area contributed by atoms with Gasteiger partial charge in [0, 0.05) is 24.8 Å². The van der Waals surface area contributed by atoms with Crippen LogP contribution >= 0.6 is 0 Å². The van der Waals surface area contributed by atoms with Crippen molar-refractivity contribution in [3.63, 3.8) is 0 Å². The van der Waals surface area contributed by atoms with E-state index in [1.54, 1.807) is 29.8 Å². The molecule has 0 N–H and O–H groups in total. The van der Waals surface area contributed by atoms with E-state index < -0.39 is 0 Å². The summed E-state index contributed by atoms with van der Waals surface area (Å²) < 4.78 is 12.4. The van der Waals surface area contributed by atoms with Crippen LogP contribution < -0.4 is 4.74 Å². The van der Waals surface area contributed by atoms with Gasteiger partial charge in [-0.1, -0.05) is 30.3 Å². The minimum Gasteiger partial charge on any atom is -0.496 e. The quantitative estimate of drug-likeness (QED) is 0.550. The highest BCUT2D eigenvalue weighted by atomic mass is 16.5. The van der Waals surface area contributed by atoms with E-state index in [9.17, 15) is 9.59 Å². The van der Waals surface area contributed by atoms with Crippen LogP contribution in [0.2, 0.25) is 0 Å². The number of carbonyl (C=O) groups excluding carboxylic acids is 2. The number of likely N-dealkylation sites (tertiary alicyclic amines) is 1. The van der Waals surface area contributed by atoms with Gasteiger partial charge in [-0.3, -0.25) is 9.59 Å². The Morgan fingerprint density at radius 2 is 1.84 bits per heavy atom. The van der Waals surface area contributed by atoms with Crippen molar-refractivity contribution < 1.29 is 19.1 Å². The van der Waals surface area contributed by atoms with Crippen LogP contribution in [0.4, 0.5) is 0 Å². The first-order valence-electron chi connectivity index (χ1n) is 10.9. The van der Waals surface area contributed by atoms with Crippen LogP contribution in [0.3, 0.4) is 0 Å². The van der Waals surface area contributed by atoms with Crippen LogP contribution in [-0.2, 0) is 9.53 Å². The van der Waals surface area contributed by atoms with Gasteiger partial charge in [-0.25, -0.2) is 4.68 Å². The fraction of sp³-hybridized carbons (Fsp3) is 0.320. The Kier molecular flexibility index (Phi) is 6.54. The van der Waals surface area contributed by atoms with Crippen LogP contribution in [0.15, 0.2) is 60.8 Å². The predicted octanol–water partition coefficient (Wildman–Crippen LogP) is 3.96. The molecule has 7 nitrogen and oxygen atoms in total. The lowest BCUT2D eigenvalue weighted by Gasteiger charge is -2.31. The van der Waals surface area contributed by atoms with Crippen LogP contribution in [0.1, 0.15) is 30.1 Å². The lowest BCUT2D eigenvalue weighted by atomic mass is 9.97. The first kappa shape index (κ1) is 21.6. The maximum atomic E-state index is 13.6. The standard InChI is InChI=1S/C25H27N3O4/c1-3-32-25(30)18-10-9-15-27(16-18)24(29)21-17-28(19-11-5-4-6-12-19)26-23(21)20-13-7-8-14-22(20)31-2/h4-8,11-14,17-18H,3,9-10,15-16H2,1-2H3. The Bertz CT molecular complexity index is 1090. The van der Waals surface area contributed by atoms with E-state index in [1.807, 2.05) is 54.6 Å². The number of rotatable bonds is 6. The monoisotopic (exact) mass is 433 g/mol. The lowest BCUT2D eigenvalue weighted by molar-refractivity contribution is -0.149. The number of benzene rings is 2. The molecule has 1 atom stereocenters. The van der Waals surface area contributed by atoms with E-state index in [0.717, 1.165) is 24.1 Å². The number of piperidine rings is 1. The third-order valence-electron chi connectivity index (χ3n) is 5.66. The number of para-hydroxylation sites is 2. The van der Waals surface area contributed by atoms with E-state index >= 15 is 0 Å². The Morgan fingerprint density at radius 1 is 1.09 bits per heavy atom. The van der Waals surface area contributed by atoms with Gasteiger partial charge < -0.3 is 14.4 Å². The Morgan fingerprint density at radius 3 is 2.59 bits per heavy atom. The molecule has 1 aliphatic rings. The van der Waals surface area contributed by atoms with Crippen molar-refractivity contribution in [1.29, 1.82) is 0 Å². The molecule has 3 aromatic rings. The summed E-state index contributed by atoms with van der Waals surface area (Å²) in [5, 5.41) is 4.76. The maximum Gasteiger partial charge on any atom is 0.310 e. The van der Waals surface area contributed by atoms with E-state index in [-0.39, 0.29) is 17.8 Å². The molecule has 0 bridgehead atoms. The molecule has 0 spiro atoms. The molecule has 2 aromatic carbocycles. The minimum atomic E-state index is -0.300. The van der Waals surface area contributed by atoms with Gasteiger partial charge in [-0.2, -0.15) is 5.10 Å². The number of amides is 1. The van der Waals surface area contributed by atoms with Gasteiger partial charge in [0.15, 0.2) is 0 Å². The van der Waals surface area contributed by atoms with Crippen LogP contribution in [0, 0.1) is 5.92 Å². The average Bonchev–Trinajstić information content (AvgIpc) is 3.29. The van der Waals surface area contributed by atoms with Gasteiger partial charge >= 0.3 is 5.97 Å². The molecule has 2 heterocycles. The first-order valence-corrected chi connectivity index (χ1v) is 10.9. The molecule has 1 aliphatic heterocycles. The molecule has 1 unspecified atom stereocenters. The number of carbonyl (C=O) groups is 2. The SMILES string of the molecule is CCOC(=O)C1CCCN(C(=O)c2cn(-c3ccccc3)nc2-c2ccccc2OC)C1. The van der Waals surface area contributed by atoms with Crippen molar-refractivity contribution in [3.8, 4) is 22.7 Å².